The molecule has 0 saturated carbocycles. The Morgan fingerprint density at radius 3 is 2.53 bits per heavy atom. The van der Waals surface area contributed by atoms with Crippen molar-refractivity contribution in [1.29, 1.82) is 0 Å². The number of guanidine groups is 1. The number of nitrogens with one attached hydrogen (secondary N) is 3. The average Bonchev–Trinajstić information content (AvgIpc) is 2.75. The molecule has 0 spiro atoms. The van der Waals surface area contributed by atoms with Gasteiger partial charge in [0.05, 0.1) is 12.6 Å². The molecule has 2 aliphatic heterocycles. The normalized spacial score (nSPS) is 21.2. The highest BCUT2D eigenvalue weighted by atomic mass is 16.5. The van der Waals surface area contributed by atoms with Crippen molar-refractivity contribution in [3.8, 4) is 0 Å². The van der Waals surface area contributed by atoms with Gasteiger partial charge in [0.1, 0.15) is 6.54 Å². The van der Waals surface area contributed by atoms with Gasteiger partial charge in [0.25, 0.3) is 0 Å². The van der Waals surface area contributed by atoms with Gasteiger partial charge in [-0.1, -0.05) is 6.92 Å². The summed E-state index contributed by atoms with van der Waals surface area (Å²) in [6, 6.07) is 0.271. The van der Waals surface area contributed by atoms with E-state index in [1.54, 1.807) is 19.0 Å². The Bertz CT molecular complexity index is 555. The van der Waals surface area contributed by atoms with Crippen LogP contribution in [0.15, 0.2) is 4.99 Å². The Balaban J connectivity index is 1.81. The maximum absolute atomic E-state index is 12.0. The third-order valence-electron chi connectivity index (χ3n) is 5.51. The summed E-state index contributed by atoms with van der Waals surface area (Å²) in [5.41, 5.74) is 0. The molecule has 3 N–H and O–H groups in total. The van der Waals surface area contributed by atoms with Crippen molar-refractivity contribution in [2.24, 2.45) is 4.99 Å². The predicted molar refractivity (Wildman–Crippen MR) is 118 cm³/mol. The second-order valence-electron chi connectivity index (χ2n) is 8.37. The van der Waals surface area contributed by atoms with Gasteiger partial charge in [0, 0.05) is 52.9 Å². The maximum atomic E-state index is 12.0. The zero-order chi connectivity index (χ0) is 21.8. The number of nitrogens with zero attached hydrogens (tertiary/aromatic N) is 3. The van der Waals surface area contributed by atoms with E-state index in [9.17, 15) is 9.59 Å². The molecule has 2 heterocycles. The van der Waals surface area contributed by atoms with Gasteiger partial charge in [-0.25, -0.2) is 4.99 Å². The zero-order valence-electron chi connectivity index (χ0n) is 18.9. The first-order chi connectivity index (χ1) is 14.5. The highest BCUT2D eigenvalue weighted by Crippen LogP contribution is 2.12. The molecule has 9 heteroatoms. The SMILES string of the molecule is CCCNC(=O)CN1CCC(NC(=NCC(=O)N(C)C)NCC2CCCCO2)CC1. The highest BCUT2D eigenvalue weighted by Gasteiger charge is 2.22. The standard InChI is InChI=1S/C21H40N6O3/c1-4-10-22-19(28)16-27-11-8-17(9-12-27)25-21(24-15-20(29)26(2)3)23-14-18-7-5-6-13-30-18/h17-18H,4-16H2,1-3H3,(H,22,28)(H2,23,24,25). The summed E-state index contributed by atoms with van der Waals surface area (Å²) >= 11 is 0. The summed E-state index contributed by atoms with van der Waals surface area (Å²) in [7, 11) is 3.47. The third kappa shape index (κ3) is 9.30. The van der Waals surface area contributed by atoms with Crippen molar-refractivity contribution in [3.63, 3.8) is 0 Å². The topological polar surface area (TPSA) is 98.3 Å². The first-order valence-electron chi connectivity index (χ1n) is 11.3. The quantitative estimate of drug-likeness (QED) is 0.361. The van der Waals surface area contributed by atoms with Gasteiger partial charge in [-0.3, -0.25) is 14.5 Å². The molecule has 172 valence electrons. The highest BCUT2D eigenvalue weighted by molar-refractivity contribution is 5.85. The van der Waals surface area contributed by atoms with Crippen LogP contribution in [0.3, 0.4) is 0 Å². The van der Waals surface area contributed by atoms with Crippen molar-refractivity contribution >= 4 is 17.8 Å². The monoisotopic (exact) mass is 424 g/mol. The second-order valence-corrected chi connectivity index (χ2v) is 8.37. The molecule has 2 saturated heterocycles. The minimum Gasteiger partial charge on any atom is -0.376 e. The molecule has 0 aromatic heterocycles. The lowest BCUT2D eigenvalue weighted by Gasteiger charge is -2.33. The van der Waals surface area contributed by atoms with Gasteiger partial charge < -0.3 is 25.6 Å². The minimum absolute atomic E-state index is 0.0297. The number of carbonyl (C=O) groups excluding carboxylic acids is 2. The third-order valence-corrected chi connectivity index (χ3v) is 5.51. The van der Waals surface area contributed by atoms with Crippen molar-refractivity contribution in [2.45, 2.75) is 57.6 Å². The molecule has 0 bridgehead atoms. The molecule has 2 fully saturated rings. The first kappa shape index (κ1) is 24.4. The molecule has 1 unspecified atom stereocenters. The number of aliphatic imine (C=N–C) groups is 1. The molecule has 1 atom stereocenters. The molecule has 0 radical (unpaired) electrons. The molecule has 30 heavy (non-hydrogen) atoms. The van der Waals surface area contributed by atoms with Gasteiger partial charge in [-0.2, -0.15) is 0 Å². The van der Waals surface area contributed by atoms with E-state index in [0.29, 0.717) is 19.0 Å². The van der Waals surface area contributed by atoms with Crippen LogP contribution in [0.1, 0.15) is 45.4 Å². The van der Waals surface area contributed by atoms with E-state index in [0.717, 1.165) is 58.3 Å². The lowest BCUT2D eigenvalue weighted by atomic mass is 10.1. The van der Waals surface area contributed by atoms with Gasteiger partial charge in [-0.15, -0.1) is 0 Å². The smallest absolute Gasteiger partial charge is 0.243 e. The fourth-order valence-corrected chi connectivity index (χ4v) is 3.57. The molecule has 0 aromatic carbocycles. The Hall–Kier alpha value is -1.87. The minimum atomic E-state index is -0.0297. The van der Waals surface area contributed by atoms with Crippen molar-refractivity contribution in [2.75, 3.05) is 60.0 Å². The summed E-state index contributed by atoms with van der Waals surface area (Å²) in [5.74, 6) is 0.735. The molecule has 2 aliphatic rings. The van der Waals surface area contributed by atoms with Crippen LogP contribution >= 0.6 is 0 Å². The Labute approximate surface area is 181 Å². The second kappa shape index (κ2) is 13.4. The average molecular weight is 425 g/mol. The van der Waals surface area contributed by atoms with Crippen molar-refractivity contribution < 1.29 is 14.3 Å². The summed E-state index contributed by atoms with van der Waals surface area (Å²) in [6.07, 6.45) is 6.38. The molecular formula is C21H40N6O3. The van der Waals surface area contributed by atoms with E-state index in [4.69, 9.17) is 4.74 Å². The van der Waals surface area contributed by atoms with E-state index < -0.39 is 0 Å². The molecule has 0 aliphatic carbocycles. The van der Waals surface area contributed by atoms with Gasteiger partial charge >= 0.3 is 0 Å². The van der Waals surface area contributed by atoms with Crippen LogP contribution < -0.4 is 16.0 Å². The van der Waals surface area contributed by atoms with Crippen molar-refractivity contribution in [1.82, 2.24) is 25.8 Å². The molecule has 2 rings (SSSR count). The van der Waals surface area contributed by atoms with Crippen LogP contribution in [-0.2, 0) is 14.3 Å². The zero-order valence-corrected chi connectivity index (χ0v) is 18.9. The van der Waals surface area contributed by atoms with Crippen LogP contribution in [0, 0.1) is 0 Å². The molecule has 0 aromatic rings. The number of rotatable bonds is 9. The number of ether oxygens (including phenoxy) is 1. The fourth-order valence-electron chi connectivity index (χ4n) is 3.57. The van der Waals surface area contributed by atoms with Crippen LogP contribution in [-0.4, -0.2) is 99.7 Å². The van der Waals surface area contributed by atoms with Gasteiger partial charge in [0.15, 0.2) is 5.96 Å². The number of likely N-dealkylation sites (N-methyl/N-ethyl adjacent to an activating group) is 1. The van der Waals surface area contributed by atoms with E-state index in [1.807, 2.05) is 0 Å². The van der Waals surface area contributed by atoms with E-state index in [2.05, 4.69) is 32.8 Å². The number of likely N-dealkylation sites (tertiary alicyclic amines) is 1. The number of hydrogen-bond acceptors (Lipinski definition) is 5. The first-order valence-corrected chi connectivity index (χ1v) is 11.3. The Morgan fingerprint density at radius 2 is 1.90 bits per heavy atom. The summed E-state index contributed by atoms with van der Waals surface area (Å²) in [5, 5.41) is 9.78. The molecule has 2 amide bonds. The Kier molecular flexibility index (Phi) is 10.9. The van der Waals surface area contributed by atoms with Crippen LogP contribution in [0.5, 0.6) is 0 Å². The summed E-state index contributed by atoms with van der Waals surface area (Å²) in [6.45, 7) is 6.61. The molecular weight excluding hydrogens is 384 g/mol. The number of carbonyl (C=O) groups is 2. The van der Waals surface area contributed by atoms with Gasteiger partial charge in [0.2, 0.25) is 11.8 Å². The van der Waals surface area contributed by atoms with E-state index >= 15 is 0 Å². The largest absolute Gasteiger partial charge is 0.376 e. The predicted octanol–water partition coefficient (Wildman–Crippen LogP) is 0.170. The summed E-state index contributed by atoms with van der Waals surface area (Å²) < 4.78 is 5.80. The number of piperidine rings is 1. The van der Waals surface area contributed by atoms with Crippen LogP contribution in [0.4, 0.5) is 0 Å². The van der Waals surface area contributed by atoms with E-state index in [-0.39, 0.29) is 30.5 Å². The Morgan fingerprint density at radius 1 is 1.13 bits per heavy atom. The van der Waals surface area contributed by atoms with Crippen molar-refractivity contribution in [3.05, 3.63) is 0 Å². The maximum Gasteiger partial charge on any atom is 0.243 e. The summed E-state index contributed by atoms with van der Waals surface area (Å²) in [4.78, 5) is 32.1. The fraction of sp³-hybridized carbons (Fsp3) is 0.857. The van der Waals surface area contributed by atoms with E-state index in [1.165, 1.54) is 6.42 Å². The number of amides is 2. The number of hydrogen-bond donors (Lipinski definition) is 3. The molecule has 9 nitrogen and oxygen atoms in total. The van der Waals surface area contributed by atoms with Crippen LogP contribution in [0.2, 0.25) is 0 Å². The van der Waals surface area contributed by atoms with Gasteiger partial charge in [-0.05, 0) is 38.5 Å². The van der Waals surface area contributed by atoms with Crippen LogP contribution in [0.25, 0.3) is 0 Å². The lowest BCUT2D eigenvalue weighted by molar-refractivity contribution is -0.127. The lowest BCUT2D eigenvalue weighted by Crippen LogP contribution is -2.51.